The number of carbonyl (C=O) groups is 1. The second kappa shape index (κ2) is 8.42. The molecule has 2 aromatic heterocycles. The summed E-state index contributed by atoms with van der Waals surface area (Å²) >= 11 is 7.28. The van der Waals surface area contributed by atoms with Crippen molar-refractivity contribution in [3.8, 4) is 5.69 Å². The van der Waals surface area contributed by atoms with Gasteiger partial charge in [0.2, 0.25) is 11.1 Å². The molecule has 0 aliphatic rings. The summed E-state index contributed by atoms with van der Waals surface area (Å²) in [6.07, 6.45) is -3.69. The minimum Gasteiger partial charge on any atom is -0.349 e. The molecule has 0 aliphatic heterocycles. The lowest BCUT2D eigenvalue weighted by Gasteiger charge is -2.12. The standard InChI is InChI=1S/C18H15ClF3N5OS/c1-10-3-5-13(7-14(10)19)27-15(9-23-11(2)28)25-26-17(27)29-16-6-4-12(8-24-16)18(20,21)22/h3-8H,9H2,1-2H3,(H,23,28). The molecule has 6 nitrogen and oxygen atoms in total. The average molecular weight is 442 g/mol. The molecular weight excluding hydrogens is 427 g/mol. The van der Waals surface area contributed by atoms with E-state index in [0.29, 0.717) is 26.7 Å². The SMILES string of the molecule is CC(=O)NCc1nnc(Sc2ccc(C(F)(F)F)cn2)n1-c1ccc(C)c(Cl)c1. The number of amides is 1. The second-order valence-electron chi connectivity index (χ2n) is 6.06. The maximum Gasteiger partial charge on any atom is 0.417 e. The fourth-order valence-electron chi connectivity index (χ4n) is 2.37. The smallest absolute Gasteiger partial charge is 0.349 e. The molecule has 0 unspecified atom stereocenters. The van der Waals surface area contributed by atoms with Crippen molar-refractivity contribution in [1.29, 1.82) is 0 Å². The minimum absolute atomic E-state index is 0.120. The van der Waals surface area contributed by atoms with Crippen molar-refractivity contribution in [3.05, 3.63) is 58.5 Å². The van der Waals surface area contributed by atoms with Crippen LogP contribution in [0.2, 0.25) is 5.02 Å². The summed E-state index contributed by atoms with van der Waals surface area (Å²) in [4.78, 5) is 15.1. The molecule has 0 atom stereocenters. The quantitative estimate of drug-likeness (QED) is 0.634. The molecule has 0 fully saturated rings. The predicted octanol–water partition coefficient (Wildman–Crippen LogP) is 4.43. The van der Waals surface area contributed by atoms with Gasteiger partial charge in [-0.15, -0.1) is 10.2 Å². The van der Waals surface area contributed by atoms with Crippen molar-refractivity contribution in [1.82, 2.24) is 25.1 Å². The molecule has 0 bridgehead atoms. The van der Waals surface area contributed by atoms with Crippen LogP contribution in [0.25, 0.3) is 5.69 Å². The predicted molar refractivity (Wildman–Crippen MR) is 102 cm³/mol. The minimum atomic E-state index is -4.46. The van der Waals surface area contributed by atoms with E-state index in [1.807, 2.05) is 19.1 Å². The van der Waals surface area contributed by atoms with Crippen LogP contribution in [0.15, 0.2) is 46.7 Å². The number of alkyl halides is 3. The Morgan fingerprint density at radius 3 is 2.59 bits per heavy atom. The van der Waals surface area contributed by atoms with Gasteiger partial charge in [0.15, 0.2) is 5.82 Å². The zero-order valence-electron chi connectivity index (χ0n) is 15.3. The van der Waals surface area contributed by atoms with E-state index in [9.17, 15) is 18.0 Å². The molecule has 152 valence electrons. The number of aryl methyl sites for hydroxylation is 1. The highest BCUT2D eigenvalue weighted by atomic mass is 35.5. The van der Waals surface area contributed by atoms with Crippen LogP contribution in [0.5, 0.6) is 0 Å². The molecule has 29 heavy (non-hydrogen) atoms. The number of nitrogens with zero attached hydrogens (tertiary/aromatic N) is 4. The first-order valence-corrected chi connectivity index (χ1v) is 9.51. The number of benzene rings is 1. The summed E-state index contributed by atoms with van der Waals surface area (Å²) in [6, 6.07) is 7.58. The third-order valence-electron chi connectivity index (χ3n) is 3.87. The highest BCUT2D eigenvalue weighted by molar-refractivity contribution is 7.99. The zero-order valence-corrected chi connectivity index (χ0v) is 16.9. The largest absolute Gasteiger partial charge is 0.417 e. The second-order valence-corrected chi connectivity index (χ2v) is 7.46. The maximum absolute atomic E-state index is 12.7. The summed E-state index contributed by atoms with van der Waals surface area (Å²) in [5, 5.41) is 12.1. The van der Waals surface area contributed by atoms with Crippen molar-refractivity contribution in [2.75, 3.05) is 0 Å². The van der Waals surface area contributed by atoms with E-state index in [1.165, 1.54) is 13.0 Å². The van der Waals surface area contributed by atoms with Gasteiger partial charge < -0.3 is 5.32 Å². The van der Waals surface area contributed by atoms with Gasteiger partial charge in [0, 0.05) is 18.1 Å². The number of nitrogens with one attached hydrogen (secondary N) is 1. The third-order valence-corrected chi connectivity index (χ3v) is 5.17. The molecule has 0 radical (unpaired) electrons. The number of rotatable bonds is 5. The van der Waals surface area contributed by atoms with Gasteiger partial charge in [-0.3, -0.25) is 9.36 Å². The number of hydrogen-bond donors (Lipinski definition) is 1. The number of pyridine rings is 1. The van der Waals surface area contributed by atoms with Crippen LogP contribution < -0.4 is 5.32 Å². The Balaban J connectivity index is 1.97. The van der Waals surface area contributed by atoms with E-state index >= 15 is 0 Å². The van der Waals surface area contributed by atoms with Crippen LogP contribution >= 0.6 is 23.4 Å². The Morgan fingerprint density at radius 2 is 2.00 bits per heavy atom. The molecule has 0 aliphatic carbocycles. The Labute approximate surface area is 173 Å². The van der Waals surface area contributed by atoms with Crippen molar-refractivity contribution in [2.45, 2.75) is 36.8 Å². The lowest BCUT2D eigenvalue weighted by Crippen LogP contribution is -2.21. The van der Waals surface area contributed by atoms with Crippen LogP contribution in [0, 0.1) is 6.92 Å². The van der Waals surface area contributed by atoms with Gasteiger partial charge in [0.25, 0.3) is 0 Å². The van der Waals surface area contributed by atoms with Gasteiger partial charge in [0.1, 0.15) is 5.03 Å². The van der Waals surface area contributed by atoms with E-state index in [0.717, 1.165) is 29.6 Å². The van der Waals surface area contributed by atoms with E-state index < -0.39 is 11.7 Å². The lowest BCUT2D eigenvalue weighted by atomic mass is 10.2. The fraction of sp³-hybridized carbons (Fsp3) is 0.222. The lowest BCUT2D eigenvalue weighted by molar-refractivity contribution is -0.137. The summed E-state index contributed by atoms with van der Waals surface area (Å²) in [5.41, 5.74) is 0.700. The molecular formula is C18H15ClF3N5OS. The van der Waals surface area contributed by atoms with Gasteiger partial charge in [0.05, 0.1) is 17.8 Å². The van der Waals surface area contributed by atoms with E-state index in [1.54, 1.807) is 10.6 Å². The first-order chi connectivity index (χ1) is 13.6. The fourth-order valence-corrected chi connectivity index (χ4v) is 3.35. The Morgan fingerprint density at radius 1 is 1.24 bits per heavy atom. The molecule has 3 rings (SSSR count). The van der Waals surface area contributed by atoms with E-state index in [-0.39, 0.29) is 12.5 Å². The van der Waals surface area contributed by atoms with Crippen LogP contribution in [-0.2, 0) is 17.5 Å². The van der Waals surface area contributed by atoms with Crippen molar-refractivity contribution >= 4 is 29.3 Å². The van der Waals surface area contributed by atoms with Gasteiger partial charge in [-0.1, -0.05) is 17.7 Å². The summed E-state index contributed by atoms with van der Waals surface area (Å²) in [6.45, 7) is 3.36. The number of carbonyl (C=O) groups excluding carboxylic acids is 1. The highest BCUT2D eigenvalue weighted by Crippen LogP contribution is 2.32. The normalized spacial score (nSPS) is 11.5. The van der Waals surface area contributed by atoms with E-state index in [4.69, 9.17) is 11.6 Å². The molecule has 1 N–H and O–H groups in total. The first kappa shape index (κ1) is 21.1. The highest BCUT2D eigenvalue weighted by Gasteiger charge is 2.30. The number of hydrogen-bond acceptors (Lipinski definition) is 5. The summed E-state index contributed by atoms with van der Waals surface area (Å²) in [7, 11) is 0. The molecule has 0 saturated carbocycles. The molecule has 2 heterocycles. The number of aromatic nitrogens is 4. The number of halogens is 4. The molecule has 3 aromatic rings. The van der Waals surface area contributed by atoms with Gasteiger partial charge in [-0.2, -0.15) is 13.2 Å². The Bertz CT molecular complexity index is 1040. The average Bonchev–Trinajstić information content (AvgIpc) is 3.04. The maximum atomic E-state index is 12.7. The van der Waals surface area contributed by atoms with E-state index in [2.05, 4.69) is 20.5 Å². The third kappa shape index (κ3) is 5.07. The van der Waals surface area contributed by atoms with Crippen LogP contribution in [-0.4, -0.2) is 25.7 Å². The first-order valence-electron chi connectivity index (χ1n) is 8.31. The zero-order chi connectivity index (χ0) is 21.2. The van der Waals surface area contributed by atoms with Crippen LogP contribution in [0.3, 0.4) is 0 Å². The molecule has 1 amide bonds. The molecule has 0 spiro atoms. The van der Waals surface area contributed by atoms with Crippen LogP contribution in [0.1, 0.15) is 23.9 Å². The summed E-state index contributed by atoms with van der Waals surface area (Å²) in [5.74, 6) is 0.203. The monoisotopic (exact) mass is 441 g/mol. The topological polar surface area (TPSA) is 72.7 Å². The van der Waals surface area contributed by atoms with Gasteiger partial charge in [-0.05, 0) is 48.5 Å². The molecule has 11 heteroatoms. The van der Waals surface area contributed by atoms with Crippen molar-refractivity contribution < 1.29 is 18.0 Å². The van der Waals surface area contributed by atoms with Crippen molar-refractivity contribution in [3.63, 3.8) is 0 Å². The molecule has 1 aromatic carbocycles. The Kier molecular flexibility index (Phi) is 6.13. The van der Waals surface area contributed by atoms with Gasteiger partial charge >= 0.3 is 6.18 Å². The van der Waals surface area contributed by atoms with Crippen LogP contribution in [0.4, 0.5) is 13.2 Å². The Hall–Kier alpha value is -2.59. The molecule has 0 saturated heterocycles. The van der Waals surface area contributed by atoms with Gasteiger partial charge in [-0.25, -0.2) is 4.98 Å². The summed E-state index contributed by atoms with van der Waals surface area (Å²) < 4.78 is 39.9. The van der Waals surface area contributed by atoms with Crippen molar-refractivity contribution in [2.24, 2.45) is 0 Å².